The molecule has 102 valence electrons. The molecule has 3 nitrogen and oxygen atoms in total. The van der Waals surface area contributed by atoms with Gasteiger partial charge in [0.15, 0.2) is 5.69 Å². The predicted molar refractivity (Wildman–Crippen MR) is 66.0 cm³/mol. The van der Waals surface area contributed by atoms with Crippen molar-refractivity contribution >= 4 is 5.57 Å². The number of halogens is 3. The summed E-state index contributed by atoms with van der Waals surface area (Å²) in [6, 6.07) is 1.97. The van der Waals surface area contributed by atoms with Crippen LogP contribution in [-0.4, -0.2) is 10.2 Å². The highest BCUT2D eigenvalue weighted by atomic mass is 19.4. The molecular weight excluding hydrogens is 255 g/mol. The van der Waals surface area contributed by atoms with Crippen LogP contribution in [0.2, 0.25) is 0 Å². The number of nitrogens with zero attached hydrogens (tertiary/aromatic N) is 2. The summed E-state index contributed by atoms with van der Waals surface area (Å²) in [5.41, 5.74) is -0.0480. The molecule has 0 aliphatic rings. The average molecular weight is 269 g/mol. The Kier molecular flexibility index (Phi) is 4.93. The summed E-state index contributed by atoms with van der Waals surface area (Å²) in [7, 11) is 0. The zero-order valence-corrected chi connectivity index (χ0v) is 10.7. The van der Waals surface area contributed by atoms with Crippen molar-refractivity contribution in [2.45, 2.75) is 32.9 Å². The van der Waals surface area contributed by atoms with Gasteiger partial charge in [-0.2, -0.15) is 23.5 Å². The molecule has 1 N–H and O–H groups in total. The first-order chi connectivity index (χ1) is 8.91. The van der Waals surface area contributed by atoms with Gasteiger partial charge in [0.1, 0.15) is 0 Å². The molecule has 0 aromatic carbocycles. The molecule has 0 fully saturated rings. The Hall–Kier alpha value is -2.03. The number of alkyl halides is 3. The Morgan fingerprint density at radius 1 is 1.47 bits per heavy atom. The van der Waals surface area contributed by atoms with Gasteiger partial charge in [0.05, 0.1) is 6.07 Å². The lowest BCUT2D eigenvalue weighted by atomic mass is 10.0. The molecule has 0 aliphatic carbocycles. The molecule has 0 atom stereocenters. The van der Waals surface area contributed by atoms with Crippen LogP contribution in [0.5, 0.6) is 0 Å². The molecule has 1 aromatic heterocycles. The first-order valence-corrected chi connectivity index (χ1v) is 5.74. The fourth-order valence-electron chi connectivity index (χ4n) is 1.67. The van der Waals surface area contributed by atoms with Crippen molar-refractivity contribution in [3.05, 3.63) is 35.2 Å². The van der Waals surface area contributed by atoms with Crippen molar-refractivity contribution in [2.75, 3.05) is 0 Å². The molecular formula is C13H14F3N3. The number of aryl methyl sites for hydroxylation is 1. The van der Waals surface area contributed by atoms with Crippen LogP contribution >= 0.6 is 0 Å². The van der Waals surface area contributed by atoms with Gasteiger partial charge in [-0.3, -0.25) is 5.10 Å². The van der Waals surface area contributed by atoms with Gasteiger partial charge >= 0.3 is 6.18 Å². The molecule has 0 unspecified atom stereocenters. The molecule has 19 heavy (non-hydrogen) atoms. The third kappa shape index (κ3) is 3.71. The Labute approximate surface area is 109 Å². The molecule has 0 spiro atoms. The zero-order chi connectivity index (χ0) is 14.5. The van der Waals surface area contributed by atoms with Gasteiger partial charge in [0.25, 0.3) is 0 Å². The minimum atomic E-state index is -4.49. The predicted octanol–water partition coefficient (Wildman–Crippen LogP) is 4.00. The standard InChI is InChI=1S/C13H14F3N3/c1-3-10(7-5-4-6-8-17)11-9(2)18-19-12(11)13(14,15)16/h3,5,7H,4,6H2,1-2H3,(H,18,19)/b7-5-,10-3+. The van der Waals surface area contributed by atoms with Gasteiger partial charge in [0.2, 0.25) is 0 Å². The van der Waals surface area contributed by atoms with E-state index in [9.17, 15) is 13.2 Å². The number of aromatic amines is 1. The lowest BCUT2D eigenvalue weighted by Crippen LogP contribution is -2.08. The Morgan fingerprint density at radius 2 is 2.16 bits per heavy atom. The molecule has 0 aliphatic heterocycles. The number of nitriles is 1. The summed E-state index contributed by atoms with van der Waals surface area (Å²) in [6.45, 7) is 3.21. The number of allylic oxidation sites excluding steroid dienone is 4. The third-order valence-corrected chi connectivity index (χ3v) is 2.54. The summed E-state index contributed by atoms with van der Waals surface area (Å²) in [4.78, 5) is 0. The Balaban J connectivity index is 3.10. The van der Waals surface area contributed by atoms with Crippen LogP contribution < -0.4 is 0 Å². The molecule has 1 rings (SSSR count). The summed E-state index contributed by atoms with van der Waals surface area (Å²) in [6.07, 6.45) is 1.22. The summed E-state index contributed by atoms with van der Waals surface area (Å²) in [5, 5.41) is 14.1. The maximum Gasteiger partial charge on any atom is 0.435 e. The van der Waals surface area contributed by atoms with Crippen LogP contribution in [0, 0.1) is 18.3 Å². The first-order valence-electron chi connectivity index (χ1n) is 5.74. The second kappa shape index (κ2) is 6.23. The minimum absolute atomic E-state index is 0.0585. The molecule has 0 saturated heterocycles. The van der Waals surface area contributed by atoms with Gasteiger partial charge in [-0.05, 0) is 25.8 Å². The van der Waals surface area contributed by atoms with Crippen molar-refractivity contribution in [3.63, 3.8) is 0 Å². The van der Waals surface area contributed by atoms with Gasteiger partial charge in [-0.25, -0.2) is 0 Å². The molecule has 6 heteroatoms. The van der Waals surface area contributed by atoms with E-state index in [-0.39, 0.29) is 5.56 Å². The smallest absolute Gasteiger partial charge is 0.282 e. The molecule has 0 bridgehead atoms. The number of unbranched alkanes of at least 4 members (excludes halogenated alkanes) is 1. The second-order valence-corrected chi connectivity index (χ2v) is 3.91. The van der Waals surface area contributed by atoms with E-state index in [0.29, 0.717) is 24.1 Å². The number of rotatable bonds is 4. The number of nitrogens with one attached hydrogen (secondary N) is 1. The van der Waals surface area contributed by atoms with Crippen molar-refractivity contribution < 1.29 is 13.2 Å². The van der Waals surface area contributed by atoms with Crippen LogP contribution in [0.4, 0.5) is 13.2 Å². The van der Waals surface area contributed by atoms with Crippen molar-refractivity contribution in [2.24, 2.45) is 0 Å². The second-order valence-electron chi connectivity index (χ2n) is 3.91. The normalized spacial score (nSPS) is 12.9. The summed E-state index contributed by atoms with van der Waals surface area (Å²) < 4.78 is 38.5. The quantitative estimate of drug-likeness (QED) is 0.663. The van der Waals surface area contributed by atoms with Crippen LogP contribution in [0.1, 0.15) is 36.7 Å². The number of aromatic nitrogens is 2. The van der Waals surface area contributed by atoms with Gasteiger partial charge in [0, 0.05) is 17.7 Å². The minimum Gasteiger partial charge on any atom is -0.282 e. The van der Waals surface area contributed by atoms with E-state index in [1.54, 1.807) is 32.1 Å². The fourth-order valence-corrected chi connectivity index (χ4v) is 1.67. The van der Waals surface area contributed by atoms with E-state index < -0.39 is 11.9 Å². The Bertz CT molecular complexity index is 530. The SMILES string of the molecule is C/C=C(\C=C/CCC#N)c1c(C(F)(F)F)n[nH]c1C. The molecule has 1 heterocycles. The molecule has 1 aromatic rings. The van der Waals surface area contributed by atoms with E-state index in [2.05, 4.69) is 10.2 Å². The monoisotopic (exact) mass is 269 g/mol. The van der Waals surface area contributed by atoms with Gasteiger partial charge in [-0.1, -0.05) is 18.2 Å². The first kappa shape index (κ1) is 15.0. The maximum atomic E-state index is 12.8. The number of hydrogen-bond acceptors (Lipinski definition) is 2. The summed E-state index contributed by atoms with van der Waals surface area (Å²) in [5.74, 6) is 0. The highest BCUT2D eigenvalue weighted by molar-refractivity contribution is 5.76. The molecule has 0 amide bonds. The van der Waals surface area contributed by atoms with Crippen LogP contribution in [0.3, 0.4) is 0 Å². The average Bonchev–Trinajstić information content (AvgIpc) is 2.71. The van der Waals surface area contributed by atoms with Crippen molar-refractivity contribution in [3.8, 4) is 6.07 Å². The van der Waals surface area contributed by atoms with Gasteiger partial charge < -0.3 is 0 Å². The Morgan fingerprint density at radius 3 is 2.68 bits per heavy atom. The number of hydrogen-bond donors (Lipinski definition) is 1. The van der Waals surface area contributed by atoms with E-state index >= 15 is 0 Å². The van der Waals surface area contributed by atoms with Crippen LogP contribution in [0.15, 0.2) is 18.2 Å². The van der Waals surface area contributed by atoms with Gasteiger partial charge in [-0.15, -0.1) is 0 Å². The lowest BCUT2D eigenvalue weighted by molar-refractivity contribution is -0.141. The lowest BCUT2D eigenvalue weighted by Gasteiger charge is -2.07. The van der Waals surface area contributed by atoms with Crippen molar-refractivity contribution in [1.82, 2.24) is 10.2 Å². The van der Waals surface area contributed by atoms with E-state index in [1.165, 1.54) is 0 Å². The van der Waals surface area contributed by atoms with Crippen LogP contribution in [-0.2, 0) is 6.18 Å². The van der Waals surface area contributed by atoms with E-state index in [1.807, 2.05) is 6.07 Å². The maximum absolute atomic E-state index is 12.8. The molecule has 0 saturated carbocycles. The zero-order valence-electron chi connectivity index (χ0n) is 10.7. The fraction of sp³-hybridized carbons (Fsp3) is 0.385. The van der Waals surface area contributed by atoms with E-state index in [0.717, 1.165) is 0 Å². The summed E-state index contributed by atoms with van der Waals surface area (Å²) >= 11 is 0. The highest BCUT2D eigenvalue weighted by Crippen LogP contribution is 2.35. The largest absolute Gasteiger partial charge is 0.435 e. The number of H-pyrrole nitrogens is 1. The van der Waals surface area contributed by atoms with Crippen LogP contribution in [0.25, 0.3) is 5.57 Å². The molecule has 0 radical (unpaired) electrons. The third-order valence-electron chi connectivity index (χ3n) is 2.54. The van der Waals surface area contributed by atoms with E-state index in [4.69, 9.17) is 5.26 Å². The topological polar surface area (TPSA) is 52.5 Å². The van der Waals surface area contributed by atoms with Crippen molar-refractivity contribution in [1.29, 1.82) is 5.26 Å². The highest BCUT2D eigenvalue weighted by Gasteiger charge is 2.37.